The molecule has 4 rings (SSSR count). The highest BCUT2D eigenvalue weighted by Gasteiger charge is 2.18. The van der Waals surface area contributed by atoms with Gasteiger partial charge in [-0.2, -0.15) is 0 Å². The van der Waals surface area contributed by atoms with E-state index in [4.69, 9.17) is 4.42 Å². The van der Waals surface area contributed by atoms with Crippen molar-refractivity contribution in [2.75, 3.05) is 5.32 Å². The van der Waals surface area contributed by atoms with Crippen LogP contribution >= 0.6 is 0 Å². The first-order valence-corrected chi connectivity index (χ1v) is 9.52. The van der Waals surface area contributed by atoms with Gasteiger partial charge >= 0.3 is 5.97 Å². The molecule has 0 fully saturated rings. The average molecular weight is 400 g/mol. The minimum atomic E-state index is -1.01. The van der Waals surface area contributed by atoms with Gasteiger partial charge in [-0.25, -0.2) is 4.79 Å². The van der Waals surface area contributed by atoms with Gasteiger partial charge in [0, 0.05) is 23.5 Å². The van der Waals surface area contributed by atoms with Crippen LogP contribution < -0.4 is 10.7 Å². The second-order valence-electron chi connectivity index (χ2n) is 7.14. The molecule has 0 bridgehead atoms. The fourth-order valence-corrected chi connectivity index (χ4v) is 3.50. The van der Waals surface area contributed by atoms with Gasteiger partial charge in [-0.05, 0) is 49.7 Å². The number of hydrogen-bond acceptors (Lipinski definition) is 5. The molecule has 0 aliphatic heterocycles. The number of nitrogens with zero attached hydrogens (tertiary/aromatic N) is 1. The van der Waals surface area contributed by atoms with Gasteiger partial charge < -0.3 is 14.8 Å². The quantitative estimate of drug-likeness (QED) is 0.488. The number of hydrogen-bond donors (Lipinski definition) is 2. The van der Waals surface area contributed by atoms with E-state index in [1.54, 1.807) is 48.7 Å². The van der Waals surface area contributed by atoms with Gasteiger partial charge in [0.25, 0.3) is 0 Å². The summed E-state index contributed by atoms with van der Waals surface area (Å²) in [6, 6.07) is 17.0. The van der Waals surface area contributed by atoms with E-state index in [1.165, 1.54) is 6.07 Å². The molecule has 150 valence electrons. The Kier molecular flexibility index (Phi) is 5.06. The highest BCUT2D eigenvalue weighted by atomic mass is 16.4. The van der Waals surface area contributed by atoms with E-state index in [0.29, 0.717) is 28.1 Å². The zero-order chi connectivity index (χ0) is 21.3. The first-order chi connectivity index (χ1) is 14.4. The highest BCUT2D eigenvalue weighted by Crippen LogP contribution is 2.30. The lowest BCUT2D eigenvalue weighted by Gasteiger charge is -2.19. The van der Waals surface area contributed by atoms with Crippen molar-refractivity contribution < 1.29 is 14.3 Å². The third kappa shape index (κ3) is 3.67. The molecule has 6 heteroatoms. The van der Waals surface area contributed by atoms with E-state index in [-0.39, 0.29) is 17.0 Å². The Morgan fingerprint density at radius 2 is 1.87 bits per heavy atom. The monoisotopic (exact) mass is 400 g/mol. The van der Waals surface area contributed by atoms with E-state index in [1.807, 2.05) is 26.0 Å². The molecule has 0 unspecified atom stereocenters. The number of carbonyl (C=O) groups is 1. The molecule has 0 aliphatic carbocycles. The van der Waals surface area contributed by atoms with Crippen molar-refractivity contribution in [1.29, 1.82) is 0 Å². The Morgan fingerprint density at radius 1 is 1.10 bits per heavy atom. The fraction of sp³-hybridized carbons (Fsp3) is 0.125. The third-order valence-corrected chi connectivity index (χ3v) is 4.91. The molecule has 2 N–H and O–H groups in total. The topological polar surface area (TPSA) is 92.4 Å². The summed E-state index contributed by atoms with van der Waals surface area (Å²) < 4.78 is 6.13. The second-order valence-corrected chi connectivity index (χ2v) is 7.14. The molecular weight excluding hydrogens is 380 g/mol. The molecule has 0 saturated carbocycles. The van der Waals surface area contributed by atoms with Crippen LogP contribution in [0.4, 0.5) is 5.69 Å². The molecule has 30 heavy (non-hydrogen) atoms. The summed E-state index contributed by atoms with van der Waals surface area (Å²) in [6.07, 6.45) is 1.64. The van der Waals surface area contributed by atoms with Crippen LogP contribution in [0.2, 0.25) is 0 Å². The number of nitrogens with one attached hydrogen (secondary N) is 1. The minimum Gasteiger partial charge on any atom is -0.478 e. The van der Waals surface area contributed by atoms with E-state index >= 15 is 0 Å². The molecule has 0 amide bonds. The molecule has 0 radical (unpaired) electrons. The summed E-state index contributed by atoms with van der Waals surface area (Å²) in [7, 11) is 0. The normalized spacial score (nSPS) is 11.9. The molecule has 6 nitrogen and oxygen atoms in total. The van der Waals surface area contributed by atoms with Crippen LogP contribution in [0.3, 0.4) is 0 Å². The molecule has 2 aromatic carbocycles. The van der Waals surface area contributed by atoms with Gasteiger partial charge in [-0.15, -0.1) is 0 Å². The lowest BCUT2D eigenvalue weighted by atomic mass is 10.0. The molecule has 0 aliphatic rings. The summed E-state index contributed by atoms with van der Waals surface area (Å²) in [5.41, 5.74) is 3.23. The SMILES string of the molecule is Cc1cc([C@@H](C)Nc2ccccc2C(=O)O)c2oc(-c3ccccn3)cc(=O)c2c1. The average Bonchev–Trinajstić information content (AvgIpc) is 2.74. The lowest BCUT2D eigenvalue weighted by Crippen LogP contribution is -2.12. The lowest BCUT2D eigenvalue weighted by molar-refractivity contribution is 0.0698. The van der Waals surface area contributed by atoms with Crippen molar-refractivity contribution in [1.82, 2.24) is 4.98 Å². The summed E-state index contributed by atoms with van der Waals surface area (Å²) in [4.78, 5) is 28.6. The molecule has 0 saturated heterocycles. The van der Waals surface area contributed by atoms with Crippen molar-refractivity contribution in [2.45, 2.75) is 19.9 Å². The number of para-hydroxylation sites is 1. The smallest absolute Gasteiger partial charge is 0.337 e. The molecule has 0 spiro atoms. The minimum absolute atomic E-state index is 0.153. The summed E-state index contributed by atoms with van der Waals surface area (Å²) in [5, 5.41) is 13.2. The predicted molar refractivity (Wildman–Crippen MR) is 116 cm³/mol. The zero-order valence-electron chi connectivity index (χ0n) is 16.5. The van der Waals surface area contributed by atoms with E-state index < -0.39 is 5.97 Å². The predicted octanol–water partition coefficient (Wildman–Crippen LogP) is 5.03. The largest absolute Gasteiger partial charge is 0.478 e. The number of carboxylic acids is 1. The van der Waals surface area contributed by atoms with Crippen molar-refractivity contribution in [3.63, 3.8) is 0 Å². The van der Waals surface area contributed by atoms with Crippen LogP contribution in [0.1, 0.15) is 34.5 Å². The van der Waals surface area contributed by atoms with Crippen molar-refractivity contribution in [3.05, 3.63) is 93.8 Å². The maximum atomic E-state index is 12.8. The Hall–Kier alpha value is -3.93. The Morgan fingerprint density at radius 3 is 2.60 bits per heavy atom. The maximum absolute atomic E-state index is 12.8. The maximum Gasteiger partial charge on any atom is 0.337 e. The van der Waals surface area contributed by atoms with Crippen LogP contribution in [0.5, 0.6) is 0 Å². The number of aromatic nitrogens is 1. The number of aryl methyl sites for hydroxylation is 1. The molecule has 1 atom stereocenters. The van der Waals surface area contributed by atoms with Gasteiger partial charge in [0.05, 0.1) is 17.0 Å². The van der Waals surface area contributed by atoms with E-state index in [9.17, 15) is 14.7 Å². The van der Waals surface area contributed by atoms with Gasteiger partial charge in [-0.1, -0.05) is 24.3 Å². The first-order valence-electron chi connectivity index (χ1n) is 9.52. The number of benzene rings is 2. The number of fused-ring (bicyclic) bond motifs is 1. The molecule has 2 aromatic heterocycles. The standard InChI is InChI=1S/C24H20N2O4/c1-14-11-17(15(2)26-19-8-4-3-7-16(19)24(28)29)23-18(12-14)21(27)13-22(30-23)20-9-5-6-10-25-20/h3-13,15,26H,1-2H3,(H,28,29)/t15-/m1/s1. The number of anilines is 1. The first kappa shape index (κ1) is 19.4. The number of aromatic carboxylic acids is 1. The van der Waals surface area contributed by atoms with Crippen molar-refractivity contribution in [2.24, 2.45) is 0 Å². The fourth-order valence-electron chi connectivity index (χ4n) is 3.50. The van der Waals surface area contributed by atoms with Gasteiger partial charge in [0.15, 0.2) is 11.2 Å². The van der Waals surface area contributed by atoms with Gasteiger partial charge in [-0.3, -0.25) is 9.78 Å². The Bertz CT molecular complexity index is 1300. The Balaban J connectivity index is 1.85. The van der Waals surface area contributed by atoms with Crippen molar-refractivity contribution >= 4 is 22.6 Å². The highest BCUT2D eigenvalue weighted by molar-refractivity contribution is 5.94. The second kappa shape index (κ2) is 7.83. The molecule has 4 aromatic rings. The third-order valence-electron chi connectivity index (χ3n) is 4.91. The van der Waals surface area contributed by atoms with E-state index in [2.05, 4.69) is 10.3 Å². The zero-order valence-corrected chi connectivity index (χ0v) is 16.5. The Labute approximate surface area is 172 Å². The van der Waals surface area contributed by atoms with E-state index in [0.717, 1.165) is 11.1 Å². The van der Waals surface area contributed by atoms with Crippen molar-refractivity contribution in [3.8, 4) is 11.5 Å². The van der Waals surface area contributed by atoms with Gasteiger partial charge in [0.1, 0.15) is 11.3 Å². The summed E-state index contributed by atoms with van der Waals surface area (Å²) in [6.45, 7) is 3.81. The number of rotatable bonds is 5. The molecular formula is C24H20N2O4. The van der Waals surface area contributed by atoms with Crippen LogP contribution in [0, 0.1) is 6.92 Å². The summed E-state index contributed by atoms with van der Waals surface area (Å²) in [5.74, 6) is -0.625. The van der Waals surface area contributed by atoms with Crippen LogP contribution in [-0.2, 0) is 0 Å². The summed E-state index contributed by atoms with van der Waals surface area (Å²) >= 11 is 0. The van der Waals surface area contributed by atoms with Crippen LogP contribution in [0.15, 0.2) is 76.1 Å². The molecule has 2 heterocycles. The van der Waals surface area contributed by atoms with Crippen LogP contribution in [-0.4, -0.2) is 16.1 Å². The number of pyridine rings is 1. The number of carboxylic acid groups (broad SMARTS) is 1. The van der Waals surface area contributed by atoms with Gasteiger partial charge in [0.2, 0.25) is 0 Å². The van der Waals surface area contributed by atoms with Crippen LogP contribution in [0.25, 0.3) is 22.4 Å².